The normalized spacial score (nSPS) is 14.9. The first-order chi connectivity index (χ1) is 14.8. The van der Waals surface area contributed by atoms with Gasteiger partial charge in [-0.05, 0) is 48.0 Å². The van der Waals surface area contributed by atoms with Gasteiger partial charge < -0.3 is 14.1 Å². The Hall–Kier alpha value is -3.38. The van der Waals surface area contributed by atoms with Crippen LogP contribution in [0.5, 0.6) is 5.75 Å². The molecule has 0 saturated carbocycles. The summed E-state index contributed by atoms with van der Waals surface area (Å²) in [5.74, 6) is 1.78. The third-order valence-corrected chi connectivity index (χ3v) is 5.05. The molecule has 0 bridgehead atoms. The van der Waals surface area contributed by atoms with Crippen molar-refractivity contribution in [2.45, 2.75) is 13.2 Å². The number of pyridine rings is 1. The van der Waals surface area contributed by atoms with Crippen LogP contribution in [-0.4, -0.2) is 46.9 Å². The second kappa shape index (κ2) is 9.89. The van der Waals surface area contributed by atoms with E-state index in [1.807, 2.05) is 65.6 Å². The summed E-state index contributed by atoms with van der Waals surface area (Å²) in [5, 5.41) is 0. The number of carbonyl (C=O) groups excluding carboxylic acids is 1. The molecule has 1 aliphatic heterocycles. The molecule has 0 N–H and O–H groups in total. The summed E-state index contributed by atoms with van der Waals surface area (Å²) in [6, 6.07) is 17.3. The van der Waals surface area contributed by atoms with Gasteiger partial charge >= 0.3 is 0 Å². The van der Waals surface area contributed by atoms with Crippen LogP contribution in [0.4, 0.5) is 0 Å². The van der Waals surface area contributed by atoms with Crippen LogP contribution >= 0.6 is 0 Å². The van der Waals surface area contributed by atoms with Crippen LogP contribution in [0, 0.1) is 0 Å². The molecule has 6 nitrogen and oxygen atoms in total. The van der Waals surface area contributed by atoms with E-state index in [2.05, 4.69) is 9.88 Å². The Labute approximate surface area is 176 Å². The van der Waals surface area contributed by atoms with Gasteiger partial charge in [-0.2, -0.15) is 0 Å². The van der Waals surface area contributed by atoms with E-state index in [0.717, 1.165) is 55.5 Å². The number of carbonyl (C=O) groups is 1. The lowest BCUT2D eigenvalue weighted by Gasteiger charge is -2.33. The van der Waals surface area contributed by atoms with E-state index in [4.69, 9.17) is 9.15 Å². The van der Waals surface area contributed by atoms with Gasteiger partial charge in [-0.15, -0.1) is 0 Å². The molecule has 0 radical (unpaired) electrons. The average Bonchev–Trinajstić information content (AvgIpc) is 3.31. The lowest BCUT2D eigenvalue weighted by Crippen LogP contribution is -2.47. The zero-order chi connectivity index (χ0) is 20.6. The molecule has 1 aromatic carbocycles. The third kappa shape index (κ3) is 5.58. The Kier molecular flexibility index (Phi) is 6.57. The maximum Gasteiger partial charge on any atom is 0.246 e. The molecule has 1 fully saturated rings. The van der Waals surface area contributed by atoms with Crippen LogP contribution in [0.25, 0.3) is 6.08 Å². The topological polar surface area (TPSA) is 58.8 Å². The quantitative estimate of drug-likeness (QED) is 0.564. The van der Waals surface area contributed by atoms with Gasteiger partial charge in [0.05, 0.1) is 18.5 Å². The van der Waals surface area contributed by atoms with Crippen molar-refractivity contribution < 1.29 is 13.9 Å². The standard InChI is InChI=1S/C24H25N3O3/c28-24(27-15-13-26(14-16-27)18-23-5-3-17-29-23)11-8-20-6-9-22(10-7-20)30-19-21-4-1-2-12-25-21/h1-12,17H,13-16,18-19H2/b11-8+. The summed E-state index contributed by atoms with van der Waals surface area (Å²) in [4.78, 5) is 20.9. The summed E-state index contributed by atoms with van der Waals surface area (Å²) in [5.41, 5.74) is 1.85. The van der Waals surface area contributed by atoms with Gasteiger partial charge in [0.15, 0.2) is 0 Å². The van der Waals surface area contributed by atoms with Gasteiger partial charge in [0, 0.05) is 38.5 Å². The van der Waals surface area contributed by atoms with Gasteiger partial charge in [0.25, 0.3) is 0 Å². The molecule has 1 amide bonds. The van der Waals surface area contributed by atoms with Crippen LogP contribution < -0.4 is 4.74 Å². The largest absolute Gasteiger partial charge is 0.487 e. The summed E-state index contributed by atoms with van der Waals surface area (Å²) in [6.45, 7) is 4.37. The Morgan fingerprint density at radius 2 is 1.87 bits per heavy atom. The average molecular weight is 403 g/mol. The van der Waals surface area contributed by atoms with Crippen LogP contribution in [0.15, 0.2) is 77.6 Å². The van der Waals surface area contributed by atoms with Crippen LogP contribution in [0.1, 0.15) is 17.0 Å². The molecule has 30 heavy (non-hydrogen) atoms. The maximum atomic E-state index is 12.5. The van der Waals surface area contributed by atoms with Crippen molar-refractivity contribution in [3.05, 3.63) is 90.2 Å². The van der Waals surface area contributed by atoms with E-state index in [0.29, 0.717) is 6.61 Å². The summed E-state index contributed by atoms with van der Waals surface area (Å²) in [6.07, 6.45) is 6.94. The van der Waals surface area contributed by atoms with Crippen molar-refractivity contribution in [3.63, 3.8) is 0 Å². The van der Waals surface area contributed by atoms with E-state index in [1.165, 1.54) is 0 Å². The highest BCUT2D eigenvalue weighted by molar-refractivity contribution is 5.91. The minimum absolute atomic E-state index is 0.0446. The van der Waals surface area contributed by atoms with Crippen LogP contribution in [-0.2, 0) is 17.9 Å². The first kappa shape index (κ1) is 19.9. The molecule has 4 rings (SSSR count). The van der Waals surface area contributed by atoms with Crippen molar-refractivity contribution in [2.24, 2.45) is 0 Å². The van der Waals surface area contributed by atoms with E-state index < -0.39 is 0 Å². The van der Waals surface area contributed by atoms with E-state index in [1.54, 1.807) is 18.5 Å². The minimum atomic E-state index is 0.0446. The molecule has 1 saturated heterocycles. The van der Waals surface area contributed by atoms with E-state index in [-0.39, 0.29) is 5.91 Å². The lowest BCUT2D eigenvalue weighted by atomic mass is 10.2. The van der Waals surface area contributed by atoms with Crippen molar-refractivity contribution in [3.8, 4) is 5.75 Å². The van der Waals surface area contributed by atoms with Gasteiger partial charge in [-0.25, -0.2) is 0 Å². The first-order valence-electron chi connectivity index (χ1n) is 10.1. The second-order valence-corrected chi connectivity index (χ2v) is 7.19. The third-order valence-electron chi connectivity index (χ3n) is 5.05. The summed E-state index contributed by atoms with van der Waals surface area (Å²) >= 11 is 0. The molecule has 154 valence electrons. The fourth-order valence-electron chi connectivity index (χ4n) is 3.34. The van der Waals surface area contributed by atoms with Crippen molar-refractivity contribution in [1.82, 2.24) is 14.8 Å². The smallest absolute Gasteiger partial charge is 0.246 e. The minimum Gasteiger partial charge on any atom is -0.487 e. The molecular formula is C24H25N3O3. The molecule has 6 heteroatoms. The van der Waals surface area contributed by atoms with Gasteiger partial charge in [0.2, 0.25) is 5.91 Å². The maximum absolute atomic E-state index is 12.5. The number of piperazine rings is 1. The zero-order valence-electron chi connectivity index (χ0n) is 16.8. The summed E-state index contributed by atoms with van der Waals surface area (Å²) in [7, 11) is 0. The molecule has 2 aromatic heterocycles. The number of amides is 1. The predicted octanol–water partition coefficient (Wildman–Crippen LogP) is 3.61. The van der Waals surface area contributed by atoms with Gasteiger partial charge in [-0.3, -0.25) is 14.7 Å². The number of benzene rings is 1. The van der Waals surface area contributed by atoms with Crippen LogP contribution in [0.2, 0.25) is 0 Å². The summed E-state index contributed by atoms with van der Waals surface area (Å²) < 4.78 is 11.1. The number of ether oxygens (including phenoxy) is 1. The fraction of sp³-hybridized carbons (Fsp3) is 0.250. The molecule has 1 aliphatic rings. The highest BCUT2D eigenvalue weighted by Gasteiger charge is 2.20. The Morgan fingerprint density at radius 3 is 2.57 bits per heavy atom. The molecule has 0 aliphatic carbocycles. The van der Waals surface area contributed by atoms with Crippen molar-refractivity contribution in [1.29, 1.82) is 0 Å². The molecule has 3 heterocycles. The Morgan fingerprint density at radius 1 is 1.03 bits per heavy atom. The SMILES string of the molecule is O=C(/C=C/c1ccc(OCc2ccccn2)cc1)N1CCN(Cc2ccco2)CC1. The van der Waals surface area contributed by atoms with Gasteiger partial charge in [0.1, 0.15) is 18.1 Å². The van der Waals surface area contributed by atoms with E-state index in [9.17, 15) is 4.79 Å². The number of hydrogen-bond acceptors (Lipinski definition) is 5. The number of furan rings is 1. The molecular weight excluding hydrogens is 378 g/mol. The monoisotopic (exact) mass is 403 g/mol. The first-order valence-corrected chi connectivity index (χ1v) is 10.1. The highest BCUT2D eigenvalue weighted by atomic mass is 16.5. The number of hydrogen-bond donors (Lipinski definition) is 0. The Balaban J connectivity index is 1.23. The van der Waals surface area contributed by atoms with Crippen molar-refractivity contribution in [2.75, 3.05) is 26.2 Å². The Bertz CT molecular complexity index is 945. The zero-order valence-corrected chi connectivity index (χ0v) is 16.8. The predicted molar refractivity (Wildman–Crippen MR) is 115 cm³/mol. The fourth-order valence-corrected chi connectivity index (χ4v) is 3.34. The van der Waals surface area contributed by atoms with Gasteiger partial charge in [-0.1, -0.05) is 18.2 Å². The number of aromatic nitrogens is 1. The molecule has 0 spiro atoms. The molecule has 3 aromatic rings. The van der Waals surface area contributed by atoms with Crippen LogP contribution in [0.3, 0.4) is 0 Å². The lowest BCUT2D eigenvalue weighted by molar-refractivity contribution is -0.127. The second-order valence-electron chi connectivity index (χ2n) is 7.19. The number of rotatable bonds is 7. The van der Waals surface area contributed by atoms with Crippen molar-refractivity contribution >= 4 is 12.0 Å². The molecule has 0 atom stereocenters. The van der Waals surface area contributed by atoms with E-state index >= 15 is 0 Å². The molecule has 0 unspecified atom stereocenters. The highest BCUT2D eigenvalue weighted by Crippen LogP contribution is 2.15. The number of nitrogens with zero attached hydrogens (tertiary/aromatic N) is 3.